The molecule has 1 saturated heterocycles. The molecule has 4 N–H and O–H groups in total. The van der Waals surface area contributed by atoms with Crippen molar-refractivity contribution in [2.24, 2.45) is 0 Å². The Morgan fingerprint density at radius 2 is 1.50 bits per heavy atom. The van der Waals surface area contributed by atoms with Crippen LogP contribution in [0.4, 0.5) is 5.69 Å². The molecule has 0 saturated carbocycles. The molecule has 1 aliphatic rings. The summed E-state index contributed by atoms with van der Waals surface area (Å²) in [7, 11) is 0. The third-order valence-electron chi connectivity index (χ3n) is 7.99. The van der Waals surface area contributed by atoms with Gasteiger partial charge in [-0.1, -0.05) is 13.8 Å². The lowest BCUT2D eigenvalue weighted by Gasteiger charge is -2.36. The topological polar surface area (TPSA) is 144 Å². The second-order valence-corrected chi connectivity index (χ2v) is 11.4. The van der Waals surface area contributed by atoms with Gasteiger partial charge in [-0.25, -0.2) is 0 Å². The van der Waals surface area contributed by atoms with E-state index < -0.39 is 5.91 Å². The lowest BCUT2D eigenvalue weighted by atomic mass is 9.98. The standard InChI is InChI=1S/C33H38N6O5/c1-6-34-32(43)31-36-35-30(26-17-25(19(2)3)27(40)18-28(26)41)39(31)23-9-7-22(8-10-23)33(44)38-13-11-37(12-14-38)24-15-20(4)29(42)21(5)16-24/h7-10,15-19,40-42H,6,11-14H2,1-5H3,(H,34,43). The van der Waals surface area contributed by atoms with Gasteiger partial charge in [0.25, 0.3) is 11.8 Å². The highest BCUT2D eigenvalue weighted by Crippen LogP contribution is 2.38. The Morgan fingerprint density at radius 3 is 2.09 bits per heavy atom. The van der Waals surface area contributed by atoms with Crippen LogP contribution in [0, 0.1) is 13.8 Å². The molecule has 4 aromatic rings. The quantitative estimate of drug-likeness (QED) is 0.243. The van der Waals surface area contributed by atoms with E-state index in [1.807, 2.05) is 44.7 Å². The molecule has 5 rings (SSSR count). The molecule has 1 aliphatic heterocycles. The maximum Gasteiger partial charge on any atom is 0.289 e. The van der Waals surface area contributed by atoms with Gasteiger partial charge in [-0.15, -0.1) is 10.2 Å². The molecule has 0 radical (unpaired) electrons. The van der Waals surface area contributed by atoms with Crippen LogP contribution in [0.5, 0.6) is 17.2 Å². The Labute approximate surface area is 256 Å². The van der Waals surface area contributed by atoms with Gasteiger partial charge in [-0.05, 0) is 85.8 Å². The summed E-state index contributed by atoms with van der Waals surface area (Å²) >= 11 is 0. The third kappa shape index (κ3) is 5.77. The first kappa shape index (κ1) is 30.4. The van der Waals surface area contributed by atoms with E-state index in [0.29, 0.717) is 60.9 Å². The fraction of sp³-hybridized carbons (Fsp3) is 0.333. The summed E-state index contributed by atoms with van der Waals surface area (Å²) in [5.41, 5.74) is 4.64. The Bertz CT molecular complexity index is 1680. The van der Waals surface area contributed by atoms with Crippen LogP contribution in [-0.4, -0.2) is 79.5 Å². The molecule has 11 heteroatoms. The number of phenolic OH excluding ortho intramolecular Hbond substituents is 3. The number of phenols is 3. The fourth-order valence-electron chi connectivity index (χ4n) is 5.54. The summed E-state index contributed by atoms with van der Waals surface area (Å²) < 4.78 is 1.54. The van der Waals surface area contributed by atoms with Crippen LogP contribution in [0.1, 0.15) is 64.4 Å². The molecule has 2 amide bonds. The van der Waals surface area contributed by atoms with Gasteiger partial charge in [0.15, 0.2) is 5.82 Å². The molecule has 230 valence electrons. The van der Waals surface area contributed by atoms with Gasteiger partial charge < -0.3 is 30.4 Å². The number of hydrogen-bond acceptors (Lipinski definition) is 8. The lowest BCUT2D eigenvalue weighted by Crippen LogP contribution is -2.48. The van der Waals surface area contributed by atoms with Crippen molar-refractivity contribution in [1.82, 2.24) is 25.0 Å². The summed E-state index contributed by atoms with van der Waals surface area (Å²) in [4.78, 5) is 30.4. The van der Waals surface area contributed by atoms with E-state index in [9.17, 15) is 24.9 Å². The Hall–Kier alpha value is -5.06. The second-order valence-electron chi connectivity index (χ2n) is 11.4. The highest BCUT2D eigenvalue weighted by atomic mass is 16.3. The van der Waals surface area contributed by atoms with Crippen LogP contribution < -0.4 is 10.2 Å². The molecule has 44 heavy (non-hydrogen) atoms. The van der Waals surface area contributed by atoms with Crippen molar-refractivity contribution < 1.29 is 24.9 Å². The number of aryl methyl sites for hydroxylation is 2. The molecule has 0 spiro atoms. The zero-order valence-electron chi connectivity index (χ0n) is 25.6. The third-order valence-corrected chi connectivity index (χ3v) is 7.99. The van der Waals surface area contributed by atoms with Crippen molar-refractivity contribution >= 4 is 17.5 Å². The molecule has 0 unspecified atom stereocenters. The molecule has 3 aromatic carbocycles. The molecular weight excluding hydrogens is 560 g/mol. The number of anilines is 1. The van der Waals surface area contributed by atoms with Gasteiger partial charge in [-0.3, -0.25) is 14.2 Å². The second kappa shape index (κ2) is 12.3. The zero-order chi connectivity index (χ0) is 31.7. The predicted octanol–water partition coefficient (Wildman–Crippen LogP) is 4.50. The van der Waals surface area contributed by atoms with Gasteiger partial charge in [0, 0.05) is 55.7 Å². The smallest absolute Gasteiger partial charge is 0.289 e. The number of nitrogens with one attached hydrogen (secondary N) is 1. The molecular formula is C33H38N6O5. The average molecular weight is 599 g/mol. The SMILES string of the molecule is CCNC(=O)c1nnc(-c2cc(C(C)C)c(O)cc2O)n1-c1ccc(C(=O)N2CCN(c3cc(C)c(O)c(C)c3)CC2)cc1. The number of carbonyl (C=O) groups is 2. The number of aromatic hydroxyl groups is 3. The number of piperazine rings is 1. The number of amides is 2. The lowest BCUT2D eigenvalue weighted by molar-refractivity contribution is 0.0746. The van der Waals surface area contributed by atoms with Crippen LogP contribution in [0.15, 0.2) is 48.5 Å². The summed E-state index contributed by atoms with van der Waals surface area (Å²) in [5.74, 6) is -0.251. The minimum atomic E-state index is -0.439. The van der Waals surface area contributed by atoms with Crippen molar-refractivity contribution in [3.63, 3.8) is 0 Å². The Kier molecular flexibility index (Phi) is 8.48. The van der Waals surface area contributed by atoms with E-state index in [1.165, 1.54) is 10.6 Å². The normalized spacial score (nSPS) is 13.4. The van der Waals surface area contributed by atoms with Crippen molar-refractivity contribution in [1.29, 1.82) is 0 Å². The number of benzene rings is 3. The summed E-state index contributed by atoms with van der Waals surface area (Å²) in [6, 6.07) is 13.7. The molecule has 0 atom stereocenters. The number of hydrogen-bond donors (Lipinski definition) is 4. The van der Waals surface area contributed by atoms with E-state index in [0.717, 1.165) is 16.8 Å². The van der Waals surface area contributed by atoms with Gasteiger partial charge in [0.2, 0.25) is 5.82 Å². The largest absolute Gasteiger partial charge is 0.508 e. The first-order valence-electron chi connectivity index (χ1n) is 14.7. The molecule has 1 aromatic heterocycles. The minimum absolute atomic E-state index is 0.0234. The van der Waals surface area contributed by atoms with E-state index in [1.54, 1.807) is 37.3 Å². The highest BCUT2D eigenvalue weighted by Gasteiger charge is 2.26. The number of rotatable bonds is 7. The fourth-order valence-corrected chi connectivity index (χ4v) is 5.54. The van der Waals surface area contributed by atoms with E-state index in [-0.39, 0.29) is 35.0 Å². The minimum Gasteiger partial charge on any atom is -0.508 e. The maximum atomic E-state index is 13.4. The number of carbonyl (C=O) groups excluding carboxylic acids is 2. The first-order chi connectivity index (χ1) is 21.0. The maximum absolute atomic E-state index is 13.4. The van der Waals surface area contributed by atoms with Crippen molar-refractivity contribution in [3.8, 4) is 34.3 Å². The molecule has 2 heterocycles. The van der Waals surface area contributed by atoms with Crippen molar-refractivity contribution in [2.75, 3.05) is 37.6 Å². The number of nitrogens with zero attached hydrogens (tertiary/aromatic N) is 5. The monoisotopic (exact) mass is 598 g/mol. The van der Waals surface area contributed by atoms with Gasteiger partial charge >= 0.3 is 0 Å². The van der Waals surface area contributed by atoms with Crippen molar-refractivity contribution in [2.45, 2.75) is 40.5 Å². The summed E-state index contributed by atoms with van der Waals surface area (Å²) in [6.07, 6.45) is 0. The molecule has 0 aliphatic carbocycles. The molecule has 11 nitrogen and oxygen atoms in total. The zero-order valence-corrected chi connectivity index (χ0v) is 25.6. The molecule has 0 bridgehead atoms. The molecule has 1 fully saturated rings. The first-order valence-corrected chi connectivity index (χ1v) is 14.7. The van der Waals surface area contributed by atoms with E-state index >= 15 is 0 Å². The van der Waals surface area contributed by atoms with Crippen LogP contribution in [-0.2, 0) is 0 Å². The predicted molar refractivity (Wildman–Crippen MR) is 168 cm³/mol. The van der Waals surface area contributed by atoms with Gasteiger partial charge in [0.05, 0.1) is 5.56 Å². The van der Waals surface area contributed by atoms with Crippen molar-refractivity contribution in [3.05, 3.63) is 76.6 Å². The Morgan fingerprint density at radius 1 is 0.864 bits per heavy atom. The summed E-state index contributed by atoms with van der Waals surface area (Å²) in [6.45, 7) is 12.2. The van der Waals surface area contributed by atoms with E-state index in [2.05, 4.69) is 20.4 Å². The van der Waals surface area contributed by atoms with Crippen LogP contribution in [0.2, 0.25) is 0 Å². The van der Waals surface area contributed by atoms with Gasteiger partial charge in [-0.2, -0.15) is 0 Å². The highest BCUT2D eigenvalue weighted by molar-refractivity contribution is 5.95. The van der Waals surface area contributed by atoms with Crippen LogP contribution in [0.25, 0.3) is 17.1 Å². The van der Waals surface area contributed by atoms with Crippen LogP contribution >= 0.6 is 0 Å². The number of aromatic nitrogens is 3. The summed E-state index contributed by atoms with van der Waals surface area (Å²) in [5, 5.41) is 42.4. The average Bonchev–Trinajstić information content (AvgIpc) is 3.44. The van der Waals surface area contributed by atoms with E-state index in [4.69, 9.17) is 0 Å². The Balaban J connectivity index is 1.41. The van der Waals surface area contributed by atoms with Crippen LogP contribution in [0.3, 0.4) is 0 Å². The van der Waals surface area contributed by atoms with Gasteiger partial charge in [0.1, 0.15) is 17.2 Å².